The van der Waals surface area contributed by atoms with E-state index in [4.69, 9.17) is 18.9 Å². The smallest absolute Gasteiger partial charge is 0.748 e. The van der Waals surface area contributed by atoms with Crippen molar-refractivity contribution in [3.05, 3.63) is 0 Å². The summed E-state index contributed by atoms with van der Waals surface area (Å²) in [5.41, 5.74) is 0. The maximum atomic E-state index is 10.5. The summed E-state index contributed by atoms with van der Waals surface area (Å²) in [4.78, 5) is 0. The Hall–Kier alpha value is 0.750. The molecule has 0 aliphatic carbocycles. The van der Waals surface area contributed by atoms with Gasteiger partial charge in [-0.15, -0.1) is 0 Å². The Morgan fingerprint density at radius 1 is 0.588 bits per heavy atom. The van der Waals surface area contributed by atoms with Crippen LogP contribution in [0.5, 0.6) is 0 Å². The second kappa shape index (κ2) is 28.3. The van der Waals surface area contributed by atoms with E-state index in [1.165, 1.54) is 77.0 Å². The van der Waals surface area contributed by atoms with Crippen molar-refractivity contribution >= 4 is 10.1 Å². The van der Waals surface area contributed by atoms with Gasteiger partial charge in [-0.25, -0.2) is 8.42 Å². The fourth-order valence-electron chi connectivity index (χ4n) is 3.63. The molecule has 0 aromatic carbocycles. The average Bonchev–Trinajstić information content (AvgIpc) is 2.77. The number of unbranched alkanes of at least 4 members (excludes halogenated alkanes) is 8. The van der Waals surface area contributed by atoms with Gasteiger partial charge < -0.3 is 23.5 Å². The Morgan fingerprint density at radius 3 is 1.50 bits per heavy atom. The van der Waals surface area contributed by atoms with Gasteiger partial charge in [-0.05, 0) is 25.2 Å². The predicted octanol–water partition coefficient (Wildman–Crippen LogP) is 2.33. The van der Waals surface area contributed by atoms with Crippen molar-refractivity contribution in [2.45, 2.75) is 97.3 Å². The summed E-state index contributed by atoms with van der Waals surface area (Å²) in [6, 6.07) is 0. The first kappa shape index (κ1) is 36.9. The number of rotatable bonds is 27. The minimum Gasteiger partial charge on any atom is -0.748 e. The number of hydrogen-bond acceptors (Lipinski definition) is 7. The zero-order chi connectivity index (χ0) is 24.5. The van der Waals surface area contributed by atoms with Crippen LogP contribution < -0.4 is 29.6 Å². The van der Waals surface area contributed by atoms with Crippen LogP contribution in [0.3, 0.4) is 0 Å². The molecule has 0 radical (unpaired) electrons. The third-order valence-electron chi connectivity index (χ3n) is 5.58. The molecule has 0 fully saturated rings. The van der Waals surface area contributed by atoms with Gasteiger partial charge in [-0.3, -0.25) is 0 Å². The van der Waals surface area contributed by atoms with Gasteiger partial charge in [0, 0.05) is 19.0 Å². The molecule has 0 N–H and O–H groups in total. The van der Waals surface area contributed by atoms with Gasteiger partial charge in [0.15, 0.2) is 0 Å². The summed E-state index contributed by atoms with van der Waals surface area (Å²) in [6.45, 7) is 8.58. The maximum Gasteiger partial charge on any atom is 1.00 e. The molecule has 0 aliphatic heterocycles. The van der Waals surface area contributed by atoms with Crippen LogP contribution in [0.25, 0.3) is 0 Å². The van der Waals surface area contributed by atoms with Crippen LogP contribution in [0.4, 0.5) is 0 Å². The standard InChI is InChI=1S/C25H52O7S.Na/c1-3-5-7-9-10-12-15-25(14-11-8-6-4-2)24-32-22-21-31-20-19-30-18-17-29-16-13-23-33(26,27)28;/h25H,3-24H2,1-2H3,(H,26,27,28);/q;+1/p-1. The zero-order valence-electron chi connectivity index (χ0n) is 22.4. The fraction of sp³-hybridized carbons (Fsp3) is 1.00. The fourth-order valence-corrected chi connectivity index (χ4v) is 4.10. The third kappa shape index (κ3) is 30.8. The van der Waals surface area contributed by atoms with Crippen molar-refractivity contribution in [1.82, 2.24) is 0 Å². The largest absolute Gasteiger partial charge is 1.00 e. The molecule has 0 aromatic rings. The molecule has 7 nitrogen and oxygen atoms in total. The topological polar surface area (TPSA) is 94.1 Å². The molecule has 1 atom stereocenters. The molecule has 9 heteroatoms. The molecule has 0 saturated carbocycles. The van der Waals surface area contributed by atoms with Gasteiger partial charge in [0.1, 0.15) is 0 Å². The zero-order valence-corrected chi connectivity index (χ0v) is 25.2. The van der Waals surface area contributed by atoms with E-state index in [2.05, 4.69) is 13.8 Å². The van der Waals surface area contributed by atoms with Crippen molar-refractivity contribution in [2.75, 3.05) is 58.6 Å². The van der Waals surface area contributed by atoms with Gasteiger partial charge in [0.2, 0.25) is 0 Å². The Labute approximate surface area is 232 Å². The van der Waals surface area contributed by atoms with Crippen molar-refractivity contribution in [1.29, 1.82) is 0 Å². The van der Waals surface area contributed by atoms with Gasteiger partial charge in [-0.1, -0.05) is 78.1 Å². The maximum absolute atomic E-state index is 10.5. The van der Waals surface area contributed by atoms with Gasteiger partial charge in [-0.2, -0.15) is 0 Å². The van der Waals surface area contributed by atoms with Crippen LogP contribution in [0.15, 0.2) is 0 Å². The Kier molecular flexibility index (Phi) is 30.7. The van der Waals surface area contributed by atoms with Crippen LogP contribution >= 0.6 is 0 Å². The third-order valence-corrected chi connectivity index (χ3v) is 6.37. The molecule has 0 rings (SSSR count). The van der Waals surface area contributed by atoms with Gasteiger partial charge >= 0.3 is 29.6 Å². The van der Waals surface area contributed by atoms with Crippen LogP contribution in [0, 0.1) is 5.92 Å². The van der Waals surface area contributed by atoms with Crippen molar-refractivity contribution in [3.63, 3.8) is 0 Å². The molecule has 0 aliphatic rings. The first-order chi connectivity index (χ1) is 16.0. The van der Waals surface area contributed by atoms with E-state index >= 15 is 0 Å². The van der Waals surface area contributed by atoms with E-state index in [0.29, 0.717) is 45.6 Å². The van der Waals surface area contributed by atoms with Crippen LogP contribution in [0.2, 0.25) is 0 Å². The normalized spacial score (nSPS) is 12.6. The SMILES string of the molecule is CCCCCCCCC(CCCCCC)COCCOCCOCCOCCCS(=O)(=O)[O-].[Na+]. The molecule has 34 heavy (non-hydrogen) atoms. The molecule has 0 bridgehead atoms. The molecular formula is C25H51NaO7S. The quantitative estimate of drug-likeness (QED) is 0.0936. The molecule has 1 unspecified atom stereocenters. The second-order valence-corrected chi connectivity index (χ2v) is 10.3. The predicted molar refractivity (Wildman–Crippen MR) is 133 cm³/mol. The minimum atomic E-state index is -4.15. The monoisotopic (exact) mass is 518 g/mol. The molecule has 0 aromatic heterocycles. The molecule has 0 spiro atoms. The first-order valence-corrected chi connectivity index (χ1v) is 14.8. The molecule has 200 valence electrons. The van der Waals surface area contributed by atoms with Crippen LogP contribution in [-0.2, 0) is 29.1 Å². The number of ether oxygens (including phenoxy) is 4. The van der Waals surface area contributed by atoms with Crippen molar-refractivity contribution in [2.24, 2.45) is 5.92 Å². The molecular weight excluding hydrogens is 467 g/mol. The van der Waals surface area contributed by atoms with E-state index in [1.807, 2.05) is 0 Å². The van der Waals surface area contributed by atoms with E-state index < -0.39 is 10.1 Å². The molecule has 0 heterocycles. The first-order valence-electron chi connectivity index (χ1n) is 13.2. The van der Waals surface area contributed by atoms with Gasteiger partial charge in [0.05, 0.1) is 49.8 Å². The van der Waals surface area contributed by atoms with Crippen molar-refractivity contribution < 1.29 is 61.5 Å². The van der Waals surface area contributed by atoms with Crippen LogP contribution in [-0.4, -0.2) is 71.6 Å². The van der Waals surface area contributed by atoms with Crippen LogP contribution in [0.1, 0.15) is 97.3 Å². The van der Waals surface area contributed by atoms with Gasteiger partial charge in [0.25, 0.3) is 0 Å². The van der Waals surface area contributed by atoms with Crippen molar-refractivity contribution in [3.8, 4) is 0 Å². The summed E-state index contributed by atoms with van der Waals surface area (Å²) < 4.78 is 53.4. The summed E-state index contributed by atoms with van der Waals surface area (Å²) >= 11 is 0. The Bertz CT molecular complexity index is 492. The average molecular weight is 519 g/mol. The summed E-state index contributed by atoms with van der Waals surface area (Å²) in [6.07, 6.45) is 16.1. The minimum absolute atomic E-state index is 0. The number of hydrogen-bond donors (Lipinski definition) is 0. The summed E-state index contributed by atoms with van der Waals surface area (Å²) in [5.74, 6) is 0.285. The van der Waals surface area contributed by atoms with E-state index in [0.717, 1.165) is 6.61 Å². The van der Waals surface area contributed by atoms with E-state index in [9.17, 15) is 13.0 Å². The Balaban J connectivity index is 0. The van der Waals surface area contributed by atoms with E-state index in [-0.39, 0.29) is 48.3 Å². The molecule has 0 saturated heterocycles. The Morgan fingerprint density at radius 2 is 1.00 bits per heavy atom. The van der Waals surface area contributed by atoms with E-state index in [1.54, 1.807) is 0 Å². The summed E-state index contributed by atoms with van der Waals surface area (Å²) in [5, 5.41) is 0. The molecule has 0 amide bonds. The second-order valence-electron chi connectivity index (χ2n) is 8.80. The summed E-state index contributed by atoms with van der Waals surface area (Å²) in [7, 11) is -4.15.